The van der Waals surface area contributed by atoms with E-state index < -0.39 is 12.6 Å². The van der Waals surface area contributed by atoms with Gasteiger partial charge in [0, 0.05) is 26.2 Å². The highest BCUT2D eigenvalue weighted by molar-refractivity contribution is 5.79. The number of nitrogens with one attached hydrogen (secondary N) is 2. The van der Waals surface area contributed by atoms with Crippen LogP contribution in [-0.2, 0) is 6.54 Å². The van der Waals surface area contributed by atoms with Gasteiger partial charge in [0.05, 0.1) is 6.42 Å². The van der Waals surface area contributed by atoms with Crippen molar-refractivity contribution in [1.82, 2.24) is 25.4 Å². The number of aryl methyl sites for hydroxylation is 1. The van der Waals surface area contributed by atoms with E-state index in [4.69, 9.17) is 0 Å². The van der Waals surface area contributed by atoms with Crippen molar-refractivity contribution in [2.45, 2.75) is 38.9 Å². The topological polar surface area (TPSA) is 67.1 Å². The van der Waals surface area contributed by atoms with Gasteiger partial charge in [-0.1, -0.05) is 0 Å². The van der Waals surface area contributed by atoms with Gasteiger partial charge in [0.15, 0.2) is 5.96 Å². The molecule has 0 aromatic carbocycles. The summed E-state index contributed by atoms with van der Waals surface area (Å²) < 4.78 is 38.1. The lowest BCUT2D eigenvalue weighted by Gasteiger charge is -2.12. The van der Waals surface area contributed by atoms with Crippen molar-refractivity contribution in [1.29, 1.82) is 0 Å². The summed E-state index contributed by atoms with van der Waals surface area (Å²) in [5.74, 6) is 0.422. The first-order chi connectivity index (χ1) is 10.0. The minimum atomic E-state index is -4.15. The first-order valence-corrected chi connectivity index (χ1v) is 6.92. The molecule has 2 N–H and O–H groups in total. The van der Waals surface area contributed by atoms with Gasteiger partial charge < -0.3 is 15.2 Å². The van der Waals surface area contributed by atoms with Gasteiger partial charge in [-0.3, -0.25) is 4.99 Å². The van der Waals surface area contributed by atoms with E-state index in [9.17, 15) is 13.2 Å². The quantitative estimate of drug-likeness (QED) is 0.434. The third-order valence-corrected chi connectivity index (χ3v) is 2.61. The molecule has 0 unspecified atom stereocenters. The van der Waals surface area contributed by atoms with Crippen molar-refractivity contribution in [3.05, 3.63) is 12.7 Å². The predicted octanol–water partition coefficient (Wildman–Crippen LogP) is 1.57. The second-order valence-electron chi connectivity index (χ2n) is 4.46. The molecule has 1 heterocycles. The number of aromatic nitrogens is 3. The molecular weight excluding hydrogens is 285 g/mol. The molecule has 0 atom stereocenters. The fourth-order valence-corrected chi connectivity index (χ4v) is 1.60. The minimum absolute atomic E-state index is 0.171. The highest BCUT2D eigenvalue weighted by Crippen LogP contribution is 2.17. The molecule has 0 fully saturated rings. The van der Waals surface area contributed by atoms with Crippen molar-refractivity contribution >= 4 is 5.96 Å². The van der Waals surface area contributed by atoms with E-state index in [0.717, 1.165) is 19.4 Å². The van der Waals surface area contributed by atoms with Crippen molar-refractivity contribution < 1.29 is 13.2 Å². The maximum absolute atomic E-state index is 12.1. The van der Waals surface area contributed by atoms with Crippen molar-refractivity contribution in [2.24, 2.45) is 4.99 Å². The summed E-state index contributed by atoms with van der Waals surface area (Å²) in [7, 11) is 0. The van der Waals surface area contributed by atoms with E-state index >= 15 is 0 Å². The number of hydrogen-bond donors (Lipinski definition) is 2. The Balaban J connectivity index is 2.20. The third-order valence-electron chi connectivity index (χ3n) is 2.61. The summed E-state index contributed by atoms with van der Waals surface area (Å²) >= 11 is 0. The molecule has 0 aliphatic rings. The Bertz CT molecular complexity index is 402. The molecule has 1 aromatic rings. The number of guanidine groups is 1. The number of rotatable bonds is 8. The highest BCUT2D eigenvalue weighted by Gasteiger charge is 2.26. The fourth-order valence-electron chi connectivity index (χ4n) is 1.60. The SMILES string of the molecule is CCNC(=NCCCCn1cnnc1)NCCC(F)(F)F. The summed E-state index contributed by atoms with van der Waals surface area (Å²) in [6.07, 6.45) is 0.0176. The van der Waals surface area contributed by atoms with E-state index in [1.54, 1.807) is 12.7 Å². The van der Waals surface area contributed by atoms with E-state index in [0.29, 0.717) is 19.0 Å². The van der Waals surface area contributed by atoms with Crippen molar-refractivity contribution in [3.63, 3.8) is 0 Å². The molecule has 0 amide bonds. The molecule has 21 heavy (non-hydrogen) atoms. The van der Waals surface area contributed by atoms with Crippen LogP contribution in [0.25, 0.3) is 0 Å². The molecule has 0 radical (unpaired) electrons. The van der Waals surface area contributed by atoms with Crippen LogP contribution in [0.15, 0.2) is 17.6 Å². The molecule has 6 nitrogen and oxygen atoms in total. The van der Waals surface area contributed by atoms with Gasteiger partial charge in [-0.15, -0.1) is 10.2 Å². The average molecular weight is 306 g/mol. The molecule has 0 spiro atoms. The molecule has 1 aromatic heterocycles. The largest absolute Gasteiger partial charge is 0.390 e. The lowest BCUT2D eigenvalue weighted by atomic mass is 10.3. The van der Waals surface area contributed by atoms with Gasteiger partial charge >= 0.3 is 6.18 Å². The maximum atomic E-state index is 12.1. The second kappa shape index (κ2) is 9.19. The standard InChI is InChI=1S/C12H21F3N6/c1-2-16-11(18-7-5-12(13,14)15)17-6-3-4-8-21-9-19-20-10-21/h9-10H,2-8H2,1H3,(H2,16,17,18). The Kier molecular flexibility index (Phi) is 7.55. The van der Waals surface area contributed by atoms with Crippen molar-refractivity contribution in [2.75, 3.05) is 19.6 Å². The van der Waals surface area contributed by atoms with E-state index in [2.05, 4.69) is 25.8 Å². The normalized spacial score (nSPS) is 12.5. The van der Waals surface area contributed by atoms with Gasteiger partial charge in [0.2, 0.25) is 0 Å². The average Bonchev–Trinajstić information content (AvgIpc) is 2.90. The monoisotopic (exact) mass is 306 g/mol. The zero-order valence-electron chi connectivity index (χ0n) is 12.0. The Labute approximate surface area is 121 Å². The number of hydrogen-bond acceptors (Lipinski definition) is 3. The van der Waals surface area contributed by atoms with Crippen LogP contribution in [0.1, 0.15) is 26.2 Å². The van der Waals surface area contributed by atoms with E-state index in [1.165, 1.54) is 0 Å². The molecule has 0 saturated carbocycles. The summed E-state index contributed by atoms with van der Waals surface area (Å²) in [6, 6.07) is 0. The molecule has 0 bridgehead atoms. The predicted molar refractivity (Wildman–Crippen MR) is 73.9 cm³/mol. The van der Waals surface area contributed by atoms with E-state index in [1.807, 2.05) is 11.5 Å². The number of nitrogens with zero attached hydrogens (tertiary/aromatic N) is 4. The van der Waals surface area contributed by atoms with Crippen LogP contribution in [-0.4, -0.2) is 46.5 Å². The third kappa shape index (κ3) is 8.87. The molecule has 0 aliphatic heterocycles. The number of alkyl halides is 3. The molecule has 1 rings (SSSR count). The van der Waals surface area contributed by atoms with Gasteiger partial charge in [0.1, 0.15) is 12.7 Å². The summed E-state index contributed by atoms with van der Waals surface area (Å²) in [6.45, 7) is 3.67. The number of halogens is 3. The van der Waals surface area contributed by atoms with Gasteiger partial charge in [-0.05, 0) is 19.8 Å². The molecule has 9 heteroatoms. The highest BCUT2D eigenvalue weighted by atomic mass is 19.4. The van der Waals surface area contributed by atoms with Gasteiger partial charge in [-0.25, -0.2) is 0 Å². The van der Waals surface area contributed by atoms with Crippen molar-refractivity contribution in [3.8, 4) is 0 Å². The zero-order chi connectivity index (χ0) is 15.6. The molecule has 120 valence electrons. The summed E-state index contributed by atoms with van der Waals surface area (Å²) in [5.41, 5.74) is 0. The van der Waals surface area contributed by atoms with Crippen LogP contribution in [0.5, 0.6) is 0 Å². The van der Waals surface area contributed by atoms with Crippen LogP contribution in [0.4, 0.5) is 13.2 Å². The molecular formula is C12H21F3N6. The van der Waals surface area contributed by atoms with Crippen LogP contribution in [0.3, 0.4) is 0 Å². The van der Waals surface area contributed by atoms with Crippen LogP contribution in [0, 0.1) is 0 Å². The van der Waals surface area contributed by atoms with Gasteiger partial charge in [0.25, 0.3) is 0 Å². The maximum Gasteiger partial charge on any atom is 0.390 e. The lowest BCUT2D eigenvalue weighted by molar-refractivity contribution is -0.132. The lowest BCUT2D eigenvalue weighted by Crippen LogP contribution is -2.39. The zero-order valence-corrected chi connectivity index (χ0v) is 12.0. The first-order valence-electron chi connectivity index (χ1n) is 6.92. The minimum Gasteiger partial charge on any atom is -0.357 e. The van der Waals surface area contributed by atoms with Gasteiger partial charge in [-0.2, -0.15) is 13.2 Å². The Hall–Kier alpha value is -1.80. The summed E-state index contributed by atoms with van der Waals surface area (Å²) in [5, 5.41) is 13.0. The Morgan fingerprint density at radius 1 is 1.19 bits per heavy atom. The summed E-state index contributed by atoms with van der Waals surface area (Å²) in [4.78, 5) is 4.24. The Morgan fingerprint density at radius 2 is 1.90 bits per heavy atom. The molecule has 0 aliphatic carbocycles. The first kappa shape index (κ1) is 17.3. The number of aliphatic imine (C=N–C) groups is 1. The van der Waals surface area contributed by atoms with Crippen LogP contribution < -0.4 is 10.6 Å². The Morgan fingerprint density at radius 3 is 2.52 bits per heavy atom. The smallest absolute Gasteiger partial charge is 0.357 e. The second-order valence-corrected chi connectivity index (χ2v) is 4.46. The molecule has 0 saturated heterocycles. The van der Waals surface area contributed by atoms with Crippen LogP contribution in [0.2, 0.25) is 0 Å². The van der Waals surface area contributed by atoms with E-state index in [-0.39, 0.29) is 6.54 Å². The van der Waals surface area contributed by atoms with Crippen LogP contribution >= 0.6 is 0 Å². The fraction of sp³-hybridized carbons (Fsp3) is 0.750. The number of unbranched alkanes of at least 4 members (excludes halogenated alkanes) is 1.